The van der Waals surface area contributed by atoms with Crippen LogP contribution in [0.4, 0.5) is 0 Å². The summed E-state index contributed by atoms with van der Waals surface area (Å²) >= 11 is 0. The van der Waals surface area contributed by atoms with E-state index < -0.39 is 11.9 Å². The third kappa shape index (κ3) is 3.29. The van der Waals surface area contributed by atoms with Gasteiger partial charge in [-0.3, -0.25) is 9.59 Å². The zero-order chi connectivity index (χ0) is 19.7. The number of nitrogens with one attached hydrogen (secondary N) is 3. The number of hydrogen-bond donors (Lipinski definition) is 3. The van der Waals surface area contributed by atoms with Gasteiger partial charge in [-0.05, 0) is 30.7 Å². The van der Waals surface area contributed by atoms with Gasteiger partial charge in [0, 0.05) is 11.0 Å². The Morgan fingerprint density at radius 2 is 1.89 bits per heavy atom. The summed E-state index contributed by atoms with van der Waals surface area (Å²) in [6, 6.07) is 3.49. The highest BCUT2D eigenvalue weighted by Gasteiger charge is 2.23. The molecule has 0 bridgehead atoms. The molecule has 0 amide bonds. The van der Waals surface area contributed by atoms with E-state index in [0.717, 1.165) is 0 Å². The fraction of sp³-hybridized carbons (Fsp3) is 0.211. The normalized spacial score (nSPS) is 11.7. The third-order valence-corrected chi connectivity index (χ3v) is 4.34. The van der Waals surface area contributed by atoms with Gasteiger partial charge in [0.15, 0.2) is 0 Å². The van der Waals surface area contributed by atoms with Gasteiger partial charge in [-0.15, -0.1) is 0 Å². The first-order valence-electron chi connectivity index (χ1n) is 8.14. The van der Waals surface area contributed by atoms with Crippen molar-refractivity contribution in [2.24, 2.45) is 0 Å². The molecule has 1 aromatic heterocycles. The average molecular weight is 369 g/mol. The van der Waals surface area contributed by atoms with Crippen molar-refractivity contribution in [3.63, 3.8) is 0 Å². The second-order valence-electron chi connectivity index (χ2n) is 6.05. The van der Waals surface area contributed by atoms with Crippen molar-refractivity contribution in [2.45, 2.75) is 13.3 Å². The van der Waals surface area contributed by atoms with E-state index in [-0.39, 0.29) is 17.5 Å². The minimum Gasteiger partial charge on any atom is -0.469 e. The summed E-state index contributed by atoms with van der Waals surface area (Å²) < 4.78 is 9.57. The zero-order valence-corrected chi connectivity index (χ0v) is 15.2. The van der Waals surface area contributed by atoms with Crippen molar-refractivity contribution in [1.82, 2.24) is 15.0 Å². The van der Waals surface area contributed by atoms with Gasteiger partial charge in [-0.2, -0.15) is 0 Å². The van der Waals surface area contributed by atoms with Crippen LogP contribution in [0, 0.1) is 17.6 Å². The Bertz CT molecular complexity index is 1260. The Hall–Kier alpha value is -3.55. The van der Waals surface area contributed by atoms with Gasteiger partial charge >= 0.3 is 11.9 Å². The van der Waals surface area contributed by atoms with Crippen molar-refractivity contribution in [3.05, 3.63) is 66.3 Å². The maximum Gasteiger partial charge on any atom is 0.340 e. The first kappa shape index (κ1) is 18.2. The second-order valence-corrected chi connectivity index (χ2v) is 6.05. The van der Waals surface area contributed by atoms with Gasteiger partial charge < -0.3 is 24.4 Å². The zero-order valence-electron chi connectivity index (χ0n) is 15.2. The van der Waals surface area contributed by atoms with Gasteiger partial charge in [-0.1, -0.05) is 6.58 Å². The van der Waals surface area contributed by atoms with Crippen LogP contribution in [0.5, 0.6) is 0 Å². The highest BCUT2D eigenvalue weighted by Crippen LogP contribution is 2.21. The summed E-state index contributed by atoms with van der Waals surface area (Å²) in [5, 5.41) is 2.17. The van der Waals surface area contributed by atoms with Gasteiger partial charge in [0.25, 0.3) is 5.56 Å². The van der Waals surface area contributed by atoms with E-state index in [0.29, 0.717) is 38.2 Å². The largest absolute Gasteiger partial charge is 0.469 e. The van der Waals surface area contributed by atoms with Crippen LogP contribution in [0.3, 0.4) is 0 Å². The molecular weight excluding hydrogens is 350 g/mol. The molecule has 2 aliphatic heterocycles. The predicted molar refractivity (Wildman–Crippen MR) is 97.6 cm³/mol. The van der Waals surface area contributed by atoms with Crippen molar-refractivity contribution in [1.29, 1.82) is 0 Å². The monoisotopic (exact) mass is 369 g/mol. The summed E-state index contributed by atoms with van der Waals surface area (Å²) in [6.45, 7) is 5.56. The van der Waals surface area contributed by atoms with E-state index >= 15 is 0 Å². The van der Waals surface area contributed by atoms with Crippen LogP contribution in [0.15, 0.2) is 16.9 Å². The molecule has 0 atom stereocenters. The molecule has 8 heteroatoms. The van der Waals surface area contributed by atoms with Crippen LogP contribution in [0.1, 0.15) is 27.3 Å². The molecule has 0 fully saturated rings. The molecule has 0 radical (unpaired) electrons. The number of esters is 2. The van der Waals surface area contributed by atoms with E-state index in [1.807, 2.05) is 0 Å². The lowest BCUT2D eigenvalue weighted by atomic mass is 10.0. The Morgan fingerprint density at radius 3 is 2.56 bits per heavy atom. The number of H-pyrrole nitrogens is 3. The number of aromatic amines is 3. The molecular formula is C19H19N3O5. The molecule has 8 nitrogen and oxygen atoms in total. The number of carbonyl (C=O) groups is 2. The first-order valence-corrected chi connectivity index (χ1v) is 8.14. The number of rotatable bonds is 4. The van der Waals surface area contributed by atoms with E-state index in [1.165, 1.54) is 14.2 Å². The topological polar surface area (TPSA) is 117 Å². The molecule has 27 heavy (non-hydrogen) atoms. The number of aromatic nitrogens is 3. The smallest absolute Gasteiger partial charge is 0.340 e. The highest BCUT2D eigenvalue weighted by atomic mass is 16.5. The van der Waals surface area contributed by atoms with E-state index in [4.69, 9.17) is 9.47 Å². The summed E-state index contributed by atoms with van der Waals surface area (Å²) in [5.41, 5.74) is 1.33. The molecule has 3 rings (SSSR count). The minimum atomic E-state index is -0.612. The third-order valence-electron chi connectivity index (χ3n) is 4.34. The van der Waals surface area contributed by atoms with E-state index in [9.17, 15) is 14.4 Å². The quantitative estimate of drug-likeness (QED) is 0.551. The van der Waals surface area contributed by atoms with Crippen LogP contribution in [-0.4, -0.2) is 41.1 Å². The first-order chi connectivity index (χ1) is 12.8. The molecule has 0 saturated heterocycles. The van der Waals surface area contributed by atoms with E-state index in [2.05, 4.69) is 21.5 Å². The Labute approximate surface area is 153 Å². The van der Waals surface area contributed by atoms with Crippen molar-refractivity contribution in [3.8, 4) is 0 Å². The Kier molecular flexibility index (Phi) is 4.72. The van der Waals surface area contributed by atoms with Crippen molar-refractivity contribution in [2.75, 3.05) is 14.2 Å². The molecule has 2 aliphatic rings. The number of methoxy groups -OCH3 is 2. The van der Waals surface area contributed by atoms with Crippen LogP contribution in [-0.2, 0) is 20.7 Å². The molecule has 3 heterocycles. The lowest BCUT2D eigenvalue weighted by Crippen LogP contribution is -2.24. The maximum absolute atomic E-state index is 12.4. The summed E-state index contributed by atoms with van der Waals surface area (Å²) in [5.74, 6) is -1.10. The summed E-state index contributed by atoms with van der Waals surface area (Å²) in [6.07, 6.45) is 1.46. The van der Waals surface area contributed by atoms with Gasteiger partial charge in [0.05, 0.1) is 47.8 Å². The standard InChI is InChI=1S/C19H19N3O5/c1-9-5-6-13-17(20-9)12(18(24)22-13)7-14-16(19(25)27-4)11(10(2)21-14)8-15(23)26-3/h5-7,20-21H,1,8H2,2-4H3,(H,22,24). The summed E-state index contributed by atoms with van der Waals surface area (Å²) in [7, 11) is 2.53. The Balaban J connectivity index is 2.32. The van der Waals surface area contributed by atoms with Crippen LogP contribution >= 0.6 is 0 Å². The fourth-order valence-corrected chi connectivity index (χ4v) is 3.01. The number of ether oxygens (including phenoxy) is 2. The summed E-state index contributed by atoms with van der Waals surface area (Å²) in [4.78, 5) is 45.3. The molecule has 1 aromatic rings. The number of carbonyl (C=O) groups excluding carboxylic acids is 2. The van der Waals surface area contributed by atoms with Crippen LogP contribution in [0.25, 0.3) is 12.7 Å². The second kappa shape index (κ2) is 6.99. The lowest BCUT2D eigenvalue weighted by molar-refractivity contribution is -0.139. The molecule has 0 unspecified atom stereocenters. The van der Waals surface area contributed by atoms with Gasteiger partial charge in [-0.25, -0.2) is 4.79 Å². The molecule has 140 valence electrons. The SMILES string of the molecule is C=c1ccc2[nH]c(=O)c(=Cc3[nH]c(C)c(CC(=O)OC)c3C(=O)OC)c=2[nH]1. The van der Waals surface area contributed by atoms with Crippen LogP contribution < -0.4 is 16.1 Å². The Morgan fingerprint density at radius 1 is 1.15 bits per heavy atom. The maximum atomic E-state index is 12.4. The molecule has 0 saturated carbocycles. The van der Waals surface area contributed by atoms with Crippen molar-refractivity contribution >= 4 is 24.6 Å². The molecule has 0 aromatic carbocycles. The predicted octanol–water partition coefficient (Wildman–Crippen LogP) is -0.194. The minimum absolute atomic E-state index is 0.0929. The number of aryl methyl sites for hydroxylation is 1. The van der Waals surface area contributed by atoms with Crippen molar-refractivity contribution < 1.29 is 19.1 Å². The van der Waals surface area contributed by atoms with E-state index in [1.54, 1.807) is 25.1 Å². The molecule has 0 aliphatic carbocycles. The fourth-order valence-electron chi connectivity index (χ4n) is 3.01. The highest BCUT2D eigenvalue weighted by molar-refractivity contribution is 5.96. The van der Waals surface area contributed by atoms with Gasteiger partial charge in [0.1, 0.15) is 0 Å². The number of hydrogen-bond acceptors (Lipinski definition) is 5. The van der Waals surface area contributed by atoms with Gasteiger partial charge in [0.2, 0.25) is 0 Å². The molecule has 3 N–H and O–H groups in total. The lowest BCUT2D eigenvalue weighted by Gasteiger charge is -2.04. The average Bonchev–Trinajstić information content (AvgIpc) is 3.11. The van der Waals surface area contributed by atoms with Crippen LogP contribution in [0.2, 0.25) is 0 Å². The molecule has 0 spiro atoms.